The molecule has 0 bridgehead atoms. The number of nitrogens with zero attached hydrogens (tertiary/aromatic N) is 1. The highest BCUT2D eigenvalue weighted by atomic mass is 16.4. The maximum absolute atomic E-state index is 11.8. The Labute approximate surface area is 136 Å². The van der Waals surface area contributed by atoms with Gasteiger partial charge in [-0.1, -0.05) is 13.8 Å². The van der Waals surface area contributed by atoms with Gasteiger partial charge in [0.05, 0.1) is 12.4 Å². The van der Waals surface area contributed by atoms with E-state index >= 15 is 0 Å². The molecule has 2 unspecified atom stereocenters. The van der Waals surface area contributed by atoms with Crippen molar-refractivity contribution in [2.45, 2.75) is 52.1 Å². The summed E-state index contributed by atoms with van der Waals surface area (Å²) in [5.74, 6) is -1.52. The third-order valence-electron chi connectivity index (χ3n) is 3.11. The first-order chi connectivity index (χ1) is 10.9. The normalized spacial score (nSPS) is 12.5. The Morgan fingerprint density at radius 3 is 2.39 bits per heavy atom. The first-order valence-electron chi connectivity index (χ1n) is 7.61. The van der Waals surface area contributed by atoms with Crippen molar-refractivity contribution in [2.24, 2.45) is 0 Å². The lowest BCUT2D eigenvalue weighted by molar-refractivity contribution is -0.139. The minimum absolute atomic E-state index is 0.0323. The second kappa shape index (κ2) is 11.4. The summed E-state index contributed by atoms with van der Waals surface area (Å²) in [5.41, 5.74) is 0.745. The van der Waals surface area contributed by atoms with Crippen molar-refractivity contribution in [1.29, 1.82) is 0 Å². The highest BCUT2D eigenvalue weighted by Crippen LogP contribution is 2.02. The number of amides is 1. The predicted molar refractivity (Wildman–Crippen MR) is 86.0 cm³/mol. The number of carbonyl (C=O) groups excluding carboxylic acids is 2. The Kier molecular flexibility index (Phi) is 10.3. The Morgan fingerprint density at radius 2 is 1.96 bits per heavy atom. The lowest BCUT2D eigenvalue weighted by Gasteiger charge is -2.16. The highest BCUT2D eigenvalue weighted by Gasteiger charge is 2.20. The van der Waals surface area contributed by atoms with Crippen LogP contribution in [0.4, 0.5) is 0 Å². The van der Waals surface area contributed by atoms with E-state index in [-0.39, 0.29) is 24.5 Å². The number of aliphatic carboxylic acids is 1. The zero-order chi connectivity index (χ0) is 17.8. The molecule has 0 radical (unpaired) electrons. The molecule has 1 amide bonds. The number of aromatic amines is 1. The van der Waals surface area contributed by atoms with Crippen LogP contribution in [0.2, 0.25) is 0 Å². The number of hydrogen-bond donors (Lipinski definition) is 4. The summed E-state index contributed by atoms with van der Waals surface area (Å²) < 4.78 is 0. The Morgan fingerprint density at radius 1 is 1.30 bits per heavy atom. The second-order valence-corrected chi connectivity index (χ2v) is 4.73. The summed E-state index contributed by atoms with van der Waals surface area (Å²) in [6.45, 7) is 5.40. The van der Waals surface area contributed by atoms with E-state index in [0.717, 1.165) is 5.69 Å². The molecule has 8 heteroatoms. The summed E-state index contributed by atoms with van der Waals surface area (Å²) in [6, 6.07) is -1.42. The molecule has 2 atom stereocenters. The van der Waals surface area contributed by atoms with Crippen LogP contribution in [0.5, 0.6) is 0 Å². The summed E-state index contributed by atoms with van der Waals surface area (Å²) >= 11 is 0. The van der Waals surface area contributed by atoms with Gasteiger partial charge < -0.3 is 20.7 Å². The Balaban J connectivity index is 0.00000232. The van der Waals surface area contributed by atoms with Gasteiger partial charge in [0.1, 0.15) is 6.04 Å². The molecule has 0 spiro atoms. The average molecular weight is 326 g/mol. The van der Waals surface area contributed by atoms with Gasteiger partial charge in [0.25, 0.3) is 0 Å². The van der Waals surface area contributed by atoms with E-state index in [1.165, 1.54) is 20.3 Å². The van der Waals surface area contributed by atoms with Crippen molar-refractivity contribution in [1.82, 2.24) is 20.6 Å². The van der Waals surface area contributed by atoms with Crippen LogP contribution in [0.3, 0.4) is 0 Å². The van der Waals surface area contributed by atoms with Gasteiger partial charge in [-0.3, -0.25) is 14.4 Å². The maximum Gasteiger partial charge on any atom is 0.320 e. The standard InChI is InChI=1S/C13H20N4O4.C2H6/c1-8(18)11(5-9-6-15-7-16-9)17-12(19)4-3-10(14-2)13(20)21;1-2/h6-7,10-11,14H,3-5H2,1-2H3,(H,15,16)(H,17,19)(H,20,21);1-2H3. The first-order valence-corrected chi connectivity index (χ1v) is 7.61. The minimum Gasteiger partial charge on any atom is -0.480 e. The lowest BCUT2D eigenvalue weighted by atomic mass is 10.1. The number of carbonyl (C=O) groups is 3. The molecule has 1 aromatic heterocycles. The fourth-order valence-electron chi connectivity index (χ4n) is 1.85. The molecule has 0 aliphatic rings. The summed E-state index contributed by atoms with van der Waals surface area (Å²) in [6.07, 6.45) is 3.61. The molecular formula is C15H26N4O4. The van der Waals surface area contributed by atoms with Crippen molar-refractivity contribution in [3.8, 4) is 0 Å². The summed E-state index contributed by atoms with van der Waals surface area (Å²) in [7, 11) is 1.52. The Hall–Kier alpha value is -2.22. The SMILES string of the molecule is CC.CNC(CCC(=O)NC(Cc1cnc[nH]1)C(C)=O)C(=O)O. The van der Waals surface area contributed by atoms with Crippen LogP contribution in [0, 0.1) is 0 Å². The molecule has 0 saturated heterocycles. The zero-order valence-electron chi connectivity index (χ0n) is 14.0. The molecule has 0 saturated carbocycles. The van der Waals surface area contributed by atoms with E-state index in [0.29, 0.717) is 6.42 Å². The molecule has 0 aliphatic carbocycles. The number of nitrogens with one attached hydrogen (secondary N) is 3. The van der Waals surface area contributed by atoms with E-state index in [1.54, 1.807) is 6.20 Å². The topological polar surface area (TPSA) is 124 Å². The van der Waals surface area contributed by atoms with Crippen LogP contribution in [0.1, 0.15) is 39.3 Å². The van der Waals surface area contributed by atoms with Crippen LogP contribution >= 0.6 is 0 Å². The van der Waals surface area contributed by atoms with Crippen LogP contribution in [-0.2, 0) is 20.8 Å². The van der Waals surface area contributed by atoms with Crippen LogP contribution in [0.25, 0.3) is 0 Å². The van der Waals surface area contributed by atoms with E-state index in [4.69, 9.17) is 5.11 Å². The van der Waals surface area contributed by atoms with Crippen molar-refractivity contribution in [2.75, 3.05) is 7.05 Å². The molecule has 1 heterocycles. The monoisotopic (exact) mass is 326 g/mol. The van der Waals surface area contributed by atoms with Gasteiger partial charge in [-0.2, -0.15) is 0 Å². The summed E-state index contributed by atoms with van der Waals surface area (Å²) in [4.78, 5) is 40.9. The van der Waals surface area contributed by atoms with Gasteiger partial charge in [0, 0.05) is 24.7 Å². The molecule has 23 heavy (non-hydrogen) atoms. The van der Waals surface area contributed by atoms with Crippen LogP contribution in [-0.4, -0.2) is 51.9 Å². The number of carboxylic acids is 1. The Bertz CT molecular complexity index is 488. The quantitative estimate of drug-likeness (QED) is 0.524. The minimum atomic E-state index is -1.01. The van der Waals surface area contributed by atoms with Gasteiger partial charge >= 0.3 is 5.97 Å². The predicted octanol–water partition coefficient (Wildman–Crippen LogP) is 0.505. The largest absolute Gasteiger partial charge is 0.480 e. The molecule has 1 rings (SSSR count). The van der Waals surface area contributed by atoms with Crippen LogP contribution in [0.15, 0.2) is 12.5 Å². The molecule has 0 aromatic carbocycles. The molecular weight excluding hydrogens is 300 g/mol. The fraction of sp³-hybridized carbons (Fsp3) is 0.600. The number of imidazole rings is 1. The van der Waals surface area contributed by atoms with E-state index in [2.05, 4.69) is 20.6 Å². The fourth-order valence-corrected chi connectivity index (χ4v) is 1.85. The van der Waals surface area contributed by atoms with Gasteiger partial charge in [0.15, 0.2) is 5.78 Å². The van der Waals surface area contributed by atoms with Gasteiger partial charge in [-0.15, -0.1) is 0 Å². The van der Waals surface area contributed by atoms with E-state index < -0.39 is 18.1 Å². The third-order valence-corrected chi connectivity index (χ3v) is 3.11. The average Bonchev–Trinajstić information content (AvgIpc) is 3.02. The number of ketones is 1. The van der Waals surface area contributed by atoms with Gasteiger partial charge in [0.2, 0.25) is 5.91 Å². The maximum atomic E-state index is 11.8. The number of hydrogen-bond acceptors (Lipinski definition) is 5. The molecule has 1 aromatic rings. The van der Waals surface area contributed by atoms with Gasteiger partial charge in [-0.05, 0) is 20.4 Å². The van der Waals surface area contributed by atoms with Crippen LogP contribution < -0.4 is 10.6 Å². The number of aromatic nitrogens is 2. The third kappa shape index (κ3) is 8.10. The van der Waals surface area contributed by atoms with Crippen molar-refractivity contribution in [3.63, 3.8) is 0 Å². The molecule has 0 aliphatic heterocycles. The number of rotatable bonds is 9. The number of carboxylic acid groups (broad SMARTS) is 1. The van der Waals surface area contributed by atoms with Crippen molar-refractivity contribution in [3.05, 3.63) is 18.2 Å². The van der Waals surface area contributed by atoms with Gasteiger partial charge in [-0.25, -0.2) is 4.98 Å². The van der Waals surface area contributed by atoms with Crippen molar-refractivity contribution < 1.29 is 19.5 Å². The number of Topliss-reactive ketones (excluding diaryl/α,β-unsaturated/α-hetero) is 1. The van der Waals surface area contributed by atoms with Crippen molar-refractivity contribution >= 4 is 17.7 Å². The lowest BCUT2D eigenvalue weighted by Crippen LogP contribution is -2.42. The first kappa shape index (κ1) is 20.8. The second-order valence-electron chi connectivity index (χ2n) is 4.73. The smallest absolute Gasteiger partial charge is 0.320 e. The van der Waals surface area contributed by atoms with E-state index in [1.807, 2.05) is 13.8 Å². The number of likely N-dealkylation sites (N-methyl/N-ethyl adjacent to an activating group) is 1. The number of H-pyrrole nitrogens is 1. The molecule has 0 fully saturated rings. The van der Waals surface area contributed by atoms with E-state index in [9.17, 15) is 14.4 Å². The zero-order valence-corrected chi connectivity index (χ0v) is 14.0. The highest BCUT2D eigenvalue weighted by molar-refractivity contribution is 5.87. The molecule has 8 nitrogen and oxygen atoms in total. The summed E-state index contributed by atoms with van der Waals surface area (Å²) in [5, 5.41) is 14.1. The molecule has 4 N–H and O–H groups in total. The molecule has 130 valence electrons.